The lowest BCUT2D eigenvalue weighted by atomic mass is 9.95. The van der Waals surface area contributed by atoms with Crippen molar-refractivity contribution in [3.63, 3.8) is 0 Å². The van der Waals surface area contributed by atoms with Gasteiger partial charge in [-0.2, -0.15) is 0 Å². The van der Waals surface area contributed by atoms with Crippen LogP contribution >= 0.6 is 0 Å². The van der Waals surface area contributed by atoms with E-state index in [9.17, 15) is 9.59 Å². The van der Waals surface area contributed by atoms with Gasteiger partial charge in [0.2, 0.25) is 5.91 Å². The molecule has 2 N–H and O–H groups in total. The molecule has 25 heavy (non-hydrogen) atoms. The minimum absolute atomic E-state index is 0.0208. The van der Waals surface area contributed by atoms with Crippen LogP contribution in [-0.2, 0) is 22.4 Å². The Labute approximate surface area is 145 Å². The second kappa shape index (κ2) is 7.57. The summed E-state index contributed by atoms with van der Waals surface area (Å²) >= 11 is 0. The van der Waals surface area contributed by atoms with Gasteiger partial charge in [-0.05, 0) is 38.0 Å². The number of carbonyl (C=O) groups excluding carboxylic acids is 1. The van der Waals surface area contributed by atoms with Crippen molar-refractivity contribution in [3.05, 3.63) is 57.5 Å². The summed E-state index contributed by atoms with van der Waals surface area (Å²) in [6.45, 7) is 4.57. The maximum absolute atomic E-state index is 12.4. The molecule has 0 saturated carbocycles. The summed E-state index contributed by atoms with van der Waals surface area (Å²) in [5.74, 6) is 0.574. The summed E-state index contributed by atoms with van der Waals surface area (Å²) in [6, 6.07) is 3.88. The Morgan fingerprint density at radius 3 is 2.80 bits per heavy atom. The Morgan fingerprint density at radius 1 is 1.32 bits per heavy atom. The number of aryl methyl sites for hydroxylation is 2. The predicted molar refractivity (Wildman–Crippen MR) is 92.2 cm³/mol. The Morgan fingerprint density at radius 2 is 2.08 bits per heavy atom. The van der Waals surface area contributed by atoms with Crippen LogP contribution in [0.5, 0.6) is 0 Å². The second-order valence-electron chi connectivity index (χ2n) is 6.42. The monoisotopic (exact) mass is 342 g/mol. The first-order valence-electron chi connectivity index (χ1n) is 8.35. The zero-order valence-electron chi connectivity index (χ0n) is 14.4. The number of ether oxygens (including phenoxy) is 1. The summed E-state index contributed by atoms with van der Waals surface area (Å²) in [6.07, 6.45) is 4.36. The van der Waals surface area contributed by atoms with Crippen LogP contribution in [-0.4, -0.2) is 40.1 Å². The quantitative estimate of drug-likeness (QED) is 0.834. The van der Waals surface area contributed by atoms with Crippen molar-refractivity contribution < 1.29 is 9.53 Å². The SMILES string of the molecule is Cc1nc(C)c(CC(=O)N[C@H]2COC[C@H]2Cc2ccncc2)c(=O)[nH]1. The van der Waals surface area contributed by atoms with Crippen molar-refractivity contribution in [2.45, 2.75) is 32.7 Å². The summed E-state index contributed by atoms with van der Waals surface area (Å²) in [5.41, 5.74) is 1.91. The van der Waals surface area contributed by atoms with E-state index in [0.717, 1.165) is 6.42 Å². The van der Waals surface area contributed by atoms with Gasteiger partial charge in [-0.15, -0.1) is 0 Å². The molecule has 0 spiro atoms. The molecule has 0 radical (unpaired) electrons. The van der Waals surface area contributed by atoms with Crippen LogP contribution in [0.3, 0.4) is 0 Å². The third kappa shape index (κ3) is 4.30. The number of amides is 1. The normalized spacial score (nSPS) is 19.8. The maximum Gasteiger partial charge on any atom is 0.254 e. The highest BCUT2D eigenvalue weighted by atomic mass is 16.5. The third-order valence-corrected chi connectivity index (χ3v) is 4.47. The Hall–Kier alpha value is -2.54. The van der Waals surface area contributed by atoms with Crippen LogP contribution in [0.2, 0.25) is 0 Å². The molecule has 3 heterocycles. The highest BCUT2D eigenvalue weighted by Crippen LogP contribution is 2.19. The van der Waals surface area contributed by atoms with Gasteiger partial charge < -0.3 is 15.0 Å². The van der Waals surface area contributed by atoms with Gasteiger partial charge in [0, 0.05) is 29.6 Å². The van der Waals surface area contributed by atoms with Crippen molar-refractivity contribution in [2.75, 3.05) is 13.2 Å². The predicted octanol–water partition coefficient (Wildman–Crippen LogP) is 0.698. The number of H-pyrrole nitrogens is 1. The first kappa shape index (κ1) is 17.3. The third-order valence-electron chi connectivity index (χ3n) is 4.47. The molecule has 2 atom stereocenters. The van der Waals surface area contributed by atoms with Crippen LogP contribution < -0.4 is 10.9 Å². The first-order valence-corrected chi connectivity index (χ1v) is 8.35. The van der Waals surface area contributed by atoms with Crippen molar-refractivity contribution in [3.8, 4) is 0 Å². The van der Waals surface area contributed by atoms with Gasteiger partial charge in [-0.3, -0.25) is 14.6 Å². The topological polar surface area (TPSA) is 97.0 Å². The molecule has 132 valence electrons. The van der Waals surface area contributed by atoms with Gasteiger partial charge >= 0.3 is 0 Å². The highest BCUT2D eigenvalue weighted by molar-refractivity contribution is 5.79. The molecule has 1 aliphatic heterocycles. The molecule has 2 aromatic rings. The molecule has 0 unspecified atom stereocenters. The number of carbonyl (C=O) groups is 1. The molecule has 1 fully saturated rings. The van der Waals surface area contributed by atoms with Crippen LogP contribution in [0.1, 0.15) is 22.6 Å². The van der Waals surface area contributed by atoms with Crippen LogP contribution in [0, 0.1) is 19.8 Å². The van der Waals surface area contributed by atoms with Gasteiger partial charge in [0.05, 0.1) is 25.7 Å². The number of hydrogen-bond acceptors (Lipinski definition) is 5. The lowest BCUT2D eigenvalue weighted by molar-refractivity contribution is -0.121. The molecular formula is C18H22N4O3. The van der Waals surface area contributed by atoms with Crippen molar-refractivity contribution >= 4 is 5.91 Å². The maximum atomic E-state index is 12.4. The van der Waals surface area contributed by atoms with Gasteiger partial charge in [0.1, 0.15) is 5.82 Å². The van der Waals surface area contributed by atoms with Gasteiger partial charge in [-0.25, -0.2) is 4.98 Å². The molecule has 3 rings (SSSR count). The van der Waals surface area contributed by atoms with E-state index in [1.807, 2.05) is 12.1 Å². The van der Waals surface area contributed by atoms with Crippen LogP contribution in [0.25, 0.3) is 0 Å². The molecule has 1 amide bonds. The fourth-order valence-electron chi connectivity index (χ4n) is 3.16. The Balaban J connectivity index is 1.63. The Bertz CT molecular complexity index is 804. The lowest BCUT2D eigenvalue weighted by Gasteiger charge is -2.19. The smallest absolute Gasteiger partial charge is 0.254 e. The van der Waals surface area contributed by atoms with E-state index in [4.69, 9.17) is 4.74 Å². The van der Waals surface area contributed by atoms with E-state index >= 15 is 0 Å². The fraction of sp³-hybridized carbons (Fsp3) is 0.444. The molecular weight excluding hydrogens is 320 g/mol. The first-order chi connectivity index (χ1) is 12.0. The number of aromatic nitrogens is 3. The van der Waals surface area contributed by atoms with E-state index in [-0.39, 0.29) is 29.8 Å². The number of aromatic amines is 1. The summed E-state index contributed by atoms with van der Waals surface area (Å²) < 4.78 is 5.55. The molecule has 0 bridgehead atoms. The van der Waals surface area contributed by atoms with Gasteiger partial charge in [-0.1, -0.05) is 0 Å². The molecule has 7 nitrogen and oxygen atoms in total. The second-order valence-corrected chi connectivity index (χ2v) is 6.42. The summed E-state index contributed by atoms with van der Waals surface area (Å²) in [5, 5.41) is 3.01. The molecule has 2 aromatic heterocycles. The van der Waals surface area contributed by atoms with E-state index in [1.165, 1.54) is 5.56 Å². The average molecular weight is 342 g/mol. The average Bonchev–Trinajstić information content (AvgIpc) is 2.98. The van der Waals surface area contributed by atoms with Crippen LogP contribution in [0.4, 0.5) is 0 Å². The standard InChI is InChI=1S/C18H22N4O3/c1-11-15(18(24)21-12(2)20-11)8-17(23)22-16-10-25-9-14(16)7-13-3-5-19-6-4-13/h3-6,14,16H,7-10H2,1-2H3,(H,22,23)(H,20,21,24)/t14-,16+/m1/s1. The number of nitrogens with zero attached hydrogens (tertiary/aromatic N) is 2. The number of rotatable bonds is 5. The van der Waals surface area contributed by atoms with E-state index in [1.54, 1.807) is 26.2 Å². The lowest BCUT2D eigenvalue weighted by Crippen LogP contribution is -2.42. The van der Waals surface area contributed by atoms with Crippen molar-refractivity contribution in [2.24, 2.45) is 5.92 Å². The minimum Gasteiger partial charge on any atom is -0.379 e. The minimum atomic E-state index is -0.254. The van der Waals surface area contributed by atoms with E-state index in [0.29, 0.717) is 30.3 Å². The number of pyridine rings is 1. The molecule has 0 aliphatic carbocycles. The zero-order valence-corrected chi connectivity index (χ0v) is 14.4. The van der Waals surface area contributed by atoms with Gasteiger partial charge in [0.15, 0.2) is 0 Å². The van der Waals surface area contributed by atoms with Crippen molar-refractivity contribution in [1.29, 1.82) is 0 Å². The number of hydrogen-bond donors (Lipinski definition) is 2. The van der Waals surface area contributed by atoms with Crippen molar-refractivity contribution in [1.82, 2.24) is 20.3 Å². The highest BCUT2D eigenvalue weighted by Gasteiger charge is 2.30. The van der Waals surface area contributed by atoms with Gasteiger partial charge in [0.25, 0.3) is 5.56 Å². The van der Waals surface area contributed by atoms with E-state index < -0.39 is 0 Å². The molecule has 1 saturated heterocycles. The summed E-state index contributed by atoms with van der Waals surface area (Å²) in [4.78, 5) is 35.3. The van der Waals surface area contributed by atoms with E-state index in [2.05, 4.69) is 20.3 Å². The molecule has 7 heteroatoms. The molecule has 0 aromatic carbocycles. The number of nitrogens with one attached hydrogen (secondary N) is 2. The zero-order chi connectivity index (χ0) is 17.8. The fourth-order valence-corrected chi connectivity index (χ4v) is 3.16. The summed E-state index contributed by atoms with van der Waals surface area (Å²) in [7, 11) is 0. The largest absolute Gasteiger partial charge is 0.379 e. The molecule has 1 aliphatic rings. The van der Waals surface area contributed by atoms with Crippen LogP contribution in [0.15, 0.2) is 29.3 Å². The Kier molecular flexibility index (Phi) is 5.23.